The SMILES string of the molecule is CCCCCCCCCCCCCCCCC/C=C/CC/C=C/C(O)C(COC1OC(CO)C(OC2OC(CO)C(OC3OC(CO)C(O)C(O)C3O)C(O)C2O)C(O)C1O)NC(=O)CCCCCCCCCCCCCCCCCCCCCCCCCCCC. The fraction of sp³-hybridized carbons (Fsp3) is 0.932. The summed E-state index contributed by atoms with van der Waals surface area (Å²) in [7, 11) is 0. The minimum Gasteiger partial charge on any atom is -0.394 e. The van der Waals surface area contributed by atoms with Crippen LogP contribution in [0.1, 0.15) is 303 Å². The summed E-state index contributed by atoms with van der Waals surface area (Å²) in [6.07, 6.45) is 37.3. The van der Waals surface area contributed by atoms with Gasteiger partial charge >= 0.3 is 0 Å². The second kappa shape index (κ2) is 55.2. The molecule has 3 aliphatic heterocycles. The van der Waals surface area contributed by atoms with E-state index in [4.69, 9.17) is 28.4 Å². The zero-order chi connectivity index (χ0) is 66.8. The van der Waals surface area contributed by atoms with E-state index in [2.05, 4.69) is 31.3 Å². The minimum absolute atomic E-state index is 0.241. The first-order chi connectivity index (χ1) is 44.8. The van der Waals surface area contributed by atoms with Crippen LogP contribution in [0.5, 0.6) is 0 Å². The van der Waals surface area contributed by atoms with Crippen molar-refractivity contribution in [2.45, 2.75) is 407 Å². The Morgan fingerprint density at radius 3 is 1.09 bits per heavy atom. The van der Waals surface area contributed by atoms with Crippen LogP contribution in [0.15, 0.2) is 24.3 Å². The summed E-state index contributed by atoms with van der Waals surface area (Å²) >= 11 is 0. The highest BCUT2D eigenvalue weighted by molar-refractivity contribution is 5.76. The third-order valence-corrected chi connectivity index (χ3v) is 19.0. The molecule has 0 radical (unpaired) electrons. The maximum atomic E-state index is 13.4. The van der Waals surface area contributed by atoms with E-state index in [1.165, 1.54) is 231 Å². The van der Waals surface area contributed by atoms with Crippen LogP contribution in [-0.2, 0) is 33.2 Å². The van der Waals surface area contributed by atoms with Crippen molar-refractivity contribution in [1.82, 2.24) is 5.32 Å². The molecule has 0 aromatic rings. The molecule has 92 heavy (non-hydrogen) atoms. The van der Waals surface area contributed by atoms with Crippen molar-refractivity contribution in [2.75, 3.05) is 26.4 Å². The van der Waals surface area contributed by atoms with E-state index < -0.39 is 124 Å². The molecule has 0 bridgehead atoms. The number of ether oxygens (including phenoxy) is 6. The Morgan fingerprint density at radius 1 is 0.380 bits per heavy atom. The smallest absolute Gasteiger partial charge is 0.220 e. The van der Waals surface area contributed by atoms with Crippen LogP contribution in [0.25, 0.3) is 0 Å². The molecule has 0 aromatic heterocycles. The van der Waals surface area contributed by atoms with Gasteiger partial charge in [0.25, 0.3) is 0 Å². The number of amides is 1. The predicted molar refractivity (Wildman–Crippen MR) is 360 cm³/mol. The molecule has 0 aliphatic carbocycles. The van der Waals surface area contributed by atoms with Gasteiger partial charge in [-0.15, -0.1) is 0 Å². The summed E-state index contributed by atoms with van der Waals surface area (Å²) in [5, 5.41) is 121. The van der Waals surface area contributed by atoms with Gasteiger partial charge in [0.1, 0.15) is 73.2 Å². The van der Waals surface area contributed by atoms with E-state index in [-0.39, 0.29) is 18.9 Å². The first-order valence-corrected chi connectivity index (χ1v) is 37.6. The van der Waals surface area contributed by atoms with Crippen LogP contribution in [0.4, 0.5) is 0 Å². The number of rotatable bonds is 59. The van der Waals surface area contributed by atoms with Crippen molar-refractivity contribution in [3.05, 3.63) is 24.3 Å². The Hall–Kier alpha value is -1.73. The molecule has 17 unspecified atom stereocenters. The number of hydrogen-bond acceptors (Lipinski definition) is 18. The molecular weight excluding hydrogens is 1180 g/mol. The molecule has 3 heterocycles. The highest BCUT2D eigenvalue weighted by Gasteiger charge is 2.53. The van der Waals surface area contributed by atoms with Gasteiger partial charge in [-0.2, -0.15) is 0 Å². The Balaban J connectivity index is 1.41. The predicted octanol–water partition coefficient (Wildman–Crippen LogP) is 11.0. The Bertz CT molecular complexity index is 1760. The lowest BCUT2D eigenvalue weighted by Gasteiger charge is -2.48. The molecule has 0 spiro atoms. The van der Waals surface area contributed by atoms with Crippen molar-refractivity contribution >= 4 is 5.91 Å². The summed E-state index contributed by atoms with van der Waals surface area (Å²) in [6.45, 7) is 1.76. The maximum absolute atomic E-state index is 13.4. The average molecular weight is 1320 g/mol. The molecule has 17 atom stereocenters. The summed E-state index contributed by atoms with van der Waals surface area (Å²) in [6, 6.07) is -0.987. The van der Waals surface area contributed by atoms with E-state index >= 15 is 0 Å². The van der Waals surface area contributed by atoms with Gasteiger partial charge in [0.15, 0.2) is 18.9 Å². The number of aliphatic hydroxyl groups is 11. The van der Waals surface area contributed by atoms with Gasteiger partial charge in [-0.05, 0) is 32.1 Å². The van der Waals surface area contributed by atoms with Gasteiger partial charge in [0.05, 0.1) is 38.6 Å². The third kappa shape index (κ3) is 36.2. The molecule has 542 valence electrons. The van der Waals surface area contributed by atoms with Crippen molar-refractivity contribution in [3.63, 3.8) is 0 Å². The molecule has 19 nitrogen and oxygen atoms in total. The van der Waals surface area contributed by atoms with Crippen molar-refractivity contribution in [1.29, 1.82) is 0 Å². The number of aliphatic hydroxyl groups excluding tert-OH is 11. The van der Waals surface area contributed by atoms with E-state index in [9.17, 15) is 61.0 Å². The normalized spacial score (nSPS) is 27.8. The lowest BCUT2D eigenvalue weighted by Crippen LogP contribution is -2.66. The lowest BCUT2D eigenvalue weighted by atomic mass is 9.96. The van der Waals surface area contributed by atoms with Gasteiger partial charge in [0.2, 0.25) is 5.91 Å². The maximum Gasteiger partial charge on any atom is 0.220 e. The topological polar surface area (TPSA) is 307 Å². The fourth-order valence-electron chi connectivity index (χ4n) is 12.9. The van der Waals surface area contributed by atoms with Crippen LogP contribution in [0.3, 0.4) is 0 Å². The summed E-state index contributed by atoms with van der Waals surface area (Å²) in [4.78, 5) is 13.4. The number of nitrogens with one attached hydrogen (secondary N) is 1. The van der Waals surface area contributed by atoms with E-state index in [0.717, 1.165) is 38.5 Å². The Morgan fingerprint density at radius 2 is 0.696 bits per heavy atom. The molecule has 3 rings (SSSR count). The number of unbranched alkanes of at least 4 members (excludes halogenated alkanes) is 41. The highest BCUT2D eigenvalue weighted by Crippen LogP contribution is 2.33. The van der Waals surface area contributed by atoms with Gasteiger partial charge in [0, 0.05) is 6.42 Å². The summed E-state index contributed by atoms with van der Waals surface area (Å²) in [5.74, 6) is -0.279. The third-order valence-electron chi connectivity index (χ3n) is 19.0. The average Bonchev–Trinajstić information content (AvgIpc) is 0.856. The van der Waals surface area contributed by atoms with Crippen molar-refractivity contribution in [3.8, 4) is 0 Å². The summed E-state index contributed by atoms with van der Waals surface area (Å²) in [5.41, 5.74) is 0. The van der Waals surface area contributed by atoms with E-state index in [1.807, 2.05) is 6.08 Å². The zero-order valence-electron chi connectivity index (χ0n) is 57.5. The number of carbonyl (C=O) groups is 1. The first kappa shape index (κ1) is 84.5. The number of carbonyl (C=O) groups excluding carboxylic acids is 1. The Labute approximate surface area is 556 Å². The van der Waals surface area contributed by atoms with E-state index in [1.54, 1.807) is 6.08 Å². The van der Waals surface area contributed by atoms with Gasteiger partial charge in [-0.3, -0.25) is 4.79 Å². The first-order valence-electron chi connectivity index (χ1n) is 37.6. The zero-order valence-corrected chi connectivity index (χ0v) is 57.5. The van der Waals surface area contributed by atoms with Gasteiger partial charge in [-0.1, -0.05) is 289 Å². The quantitative estimate of drug-likeness (QED) is 0.0199. The minimum atomic E-state index is -1.98. The largest absolute Gasteiger partial charge is 0.394 e. The second-order valence-corrected chi connectivity index (χ2v) is 27.1. The van der Waals surface area contributed by atoms with Crippen LogP contribution in [0, 0.1) is 0 Å². The molecule has 0 saturated carbocycles. The standard InChI is InChI=1S/C73H137NO18/c1-3-5-7-9-11-13-15-17-19-21-23-25-26-27-28-29-31-33-35-37-39-41-43-45-47-49-51-61(79)74-56(57(78)50-48-46-44-42-40-38-36-34-32-30-24-22-20-18-16-14-12-10-8-6-4-2)55-87-71-67(85)64(82)69(59(53-76)89-71)92-73-68(86)65(83)70(60(54-77)90-73)91-72-66(84)63(81)62(80)58(52-75)88-72/h40,42,48,50,56-60,62-73,75-78,80-86H,3-39,41,43-47,49,51-55H2,1-2H3,(H,74,79)/b42-40+,50-48+. The lowest BCUT2D eigenvalue weighted by molar-refractivity contribution is -0.379. The molecule has 3 aliphatic rings. The van der Waals surface area contributed by atoms with Crippen LogP contribution in [-0.4, -0.2) is 193 Å². The molecule has 1 amide bonds. The molecule has 19 heteroatoms. The number of hydrogen-bond donors (Lipinski definition) is 12. The van der Waals surface area contributed by atoms with E-state index in [0.29, 0.717) is 12.8 Å². The summed E-state index contributed by atoms with van der Waals surface area (Å²) < 4.78 is 34.4. The van der Waals surface area contributed by atoms with Crippen molar-refractivity contribution < 1.29 is 89.4 Å². The van der Waals surface area contributed by atoms with Crippen LogP contribution < -0.4 is 5.32 Å². The second-order valence-electron chi connectivity index (χ2n) is 27.1. The molecule has 12 N–H and O–H groups in total. The van der Waals surface area contributed by atoms with Crippen LogP contribution >= 0.6 is 0 Å². The molecule has 3 saturated heterocycles. The molecule has 3 fully saturated rings. The van der Waals surface area contributed by atoms with Gasteiger partial charge < -0.3 is 89.9 Å². The fourth-order valence-corrected chi connectivity index (χ4v) is 12.9. The Kier molecular flexibility index (Phi) is 50.7. The molecular formula is C73H137NO18. The number of allylic oxidation sites excluding steroid dienone is 3. The van der Waals surface area contributed by atoms with Crippen LogP contribution in [0.2, 0.25) is 0 Å². The molecule has 0 aromatic carbocycles. The monoisotopic (exact) mass is 1320 g/mol. The van der Waals surface area contributed by atoms with Gasteiger partial charge in [-0.25, -0.2) is 0 Å². The van der Waals surface area contributed by atoms with Crippen molar-refractivity contribution in [2.24, 2.45) is 0 Å². The highest BCUT2D eigenvalue weighted by atomic mass is 16.8.